The van der Waals surface area contributed by atoms with E-state index in [-0.39, 0.29) is 12.0 Å². The average Bonchev–Trinajstić information content (AvgIpc) is 2.45. The van der Waals surface area contributed by atoms with E-state index in [1.165, 1.54) is 0 Å². The summed E-state index contributed by atoms with van der Waals surface area (Å²) in [6.45, 7) is 5.82. The van der Waals surface area contributed by atoms with Crippen molar-refractivity contribution in [3.63, 3.8) is 0 Å². The molecule has 1 aromatic rings. The van der Waals surface area contributed by atoms with E-state index < -0.39 is 23.6 Å². The second kappa shape index (κ2) is 7.17. The zero-order chi connectivity index (χ0) is 16.9. The molecule has 0 amide bonds. The molecule has 0 radical (unpaired) electrons. The number of carbonyl (C=O) groups is 3. The highest BCUT2D eigenvalue weighted by molar-refractivity contribution is 6.63. The van der Waals surface area contributed by atoms with E-state index in [1.54, 1.807) is 24.3 Å². The van der Waals surface area contributed by atoms with Crippen LogP contribution in [0.15, 0.2) is 24.3 Å². The molecule has 0 saturated carbocycles. The van der Waals surface area contributed by atoms with Gasteiger partial charge in [-0.25, -0.2) is 4.79 Å². The van der Waals surface area contributed by atoms with Crippen LogP contribution < -0.4 is 10.5 Å². The van der Waals surface area contributed by atoms with E-state index in [0.717, 1.165) is 12.7 Å². The van der Waals surface area contributed by atoms with Gasteiger partial charge in [-0.3, -0.25) is 9.59 Å². The van der Waals surface area contributed by atoms with E-state index in [2.05, 4.69) is 4.74 Å². The maximum absolute atomic E-state index is 11.7. The summed E-state index contributed by atoms with van der Waals surface area (Å²) in [4.78, 5) is 34.1. The van der Waals surface area contributed by atoms with Gasteiger partial charge in [0.15, 0.2) is 0 Å². The molecule has 6 heteroatoms. The number of benzene rings is 1. The van der Waals surface area contributed by atoms with Crippen LogP contribution in [0, 0.1) is 0 Å². The second-order valence-electron chi connectivity index (χ2n) is 5.85. The first-order chi connectivity index (χ1) is 10.1. The van der Waals surface area contributed by atoms with Crippen LogP contribution in [0.1, 0.15) is 26.3 Å². The van der Waals surface area contributed by atoms with Crippen molar-refractivity contribution in [2.24, 2.45) is 5.73 Å². The summed E-state index contributed by atoms with van der Waals surface area (Å²) in [6, 6.07) is 5.97. The summed E-state index contributed by atoms with van der Waals surface area (Å²) in [5.74, 6) is -2.69. The predicted molar refractivity (Wildman–Crippen MR) is 80.5 cm³/mol. The first-order valence-electron chi connectivity index (χ1n) is 6.84. The molecule has 1 atom stereocenters. The Bertz CT molecular complexity index is 557. The van der Waals surface area contributed by atoms with Crippen molar-refractivity contribution in [3.8, 4) is 5.75 Å². The molecule has 0 aliphatic carbocycles. The molecule has 0 aromatic heterocycles. The lowest BCUT2D eigenvalue weighted by Crippen LogP contribution is -2.41. The number of ether oxygens (including phenoxy) is 2. The van der Waals surface area contributed by atoms with Crippen LogP contribution in [-0.2, 0) is 25.5 Å². The second-order valence-corrected chi connectivity index (χ2v) is 5.85. The van der Waals surface area contributed by atoms with E-state index >= 15 is 0 Å². The van der Waals surface area contributed by atoms with Crippen LogP contribution in [0.5, 0.6) is 5.75 Å². The molecule has 0 bridgehead atoms. The summed E-state index contributed by atoms with van der Waals surface area (Å²) in [5.41, 5.74) is 6.13. The number of hydrogen-bond donors (Lipinski definition) is 1. The highest BCUT2D eigenvalue weighted by Crippen LogP contribution is 2.19. The number of rotatable bonds is 6. The summed E-state index contributed by atoms with van der Waals surface area (Å²) in [7, 11) is 1.03. The van der Waals surface area contributed by atoms with Crippen molar-refractivity contribution in [1.82, 2.24) is 0 Å². The smallest absolute Gasteiger partial charge is 0.382 e. The standard InChI is InChI=1S/C16H21NO5/c1-16(2,3)22-11-7-5-10(6-8-11)9-12(17)13(18)14(19)15(20)21-4/h5-8,12H,9,17H2,1-4H3/t12-/m0/s1. The van der Waals surface area contributed by atoms with Gasteiger partial charge < -0.3 is 15.2 Å². The van der Waals surface area contributed by atoms with Gasteiger partial charge >= 0.3 is 11.8 Å². The number of hydrogen-bond acceptors (Lipinski definition) is 6. The lowest BCUT2D eigenvalue weighted by Gasteiger charge is -2.21. The van der Waals surface area contributed by atoms with Crippen LogP contribution in [0.25, 0.3) is 0 Å². The highest BCUT2D eigenvalue weighted by Gasteiger charge is 2.28. The van der Waals surface area contributed by atoms with E-state index in [0.29, 0.717) is 5.75 Å². The van der Waals surface area contributed by atoms with Crippen molar-refractivity contribution in [3.05, 3.63) is 29.8 Å². The zero-order valence-corrected chi connectivity index (χ0v) is 13.2. The maximum atomic E-state index is 11.7. The fourth-order valence-electron chi connectivity index (χ4n) is 1.76. The fourth-order valence-corrected chi connectivity index (χ4v) is 1.76. The minimum atomic E-state index is -1.23. The van der Waals surface area contributed by atoms with Crippen molar-refractivity contribution >= 4 is 17.5 Å². The van der Waals surface area contributed by atoms with Crippen LogP contribution >= 0.6 is 0 Å². The fraction of sp³-hybridized carbons (Fsp3) is 0.438. The van der Waals surface area contributed by atoms with Crippen molar-refractivity contribution in [2.45, 2.75) is 38.8 Å². The van der Waals surface area contributed by atoms with Gasteiger partial charge in [-0.05, 0) is 44.9 Å². The van der Waals surface area contributed by atoms with Crippen LogP contribution in [-0.4, -0.2) is 36.3 Å². The lowest BCUT2D eigenvalue weighted by molar-refractivity contribution is -0.155. The van der Waals surface area contributed by atoms with Crippen molar-refractivity contribution < 1.29 is 23.9 Å². The summed E-state index contributed by atoms with van der Waals surface area (Å²) >= 11 is 0. The lowest BCUT2D eigenvalue weighted by atomic mass is 10.0. The zero-order valence-electron chi connectivity index (χ0n) is 13.2. The van der Waals surface area contributed by atoms with Crippen LogP contribution in [0.2, 0.25) is 0 Å². The summed E-state index contributed by atoms with van der Waals surface area (Å²) < 4.78 is 9.89. The van der Waals surface area contributed by atoms with Crippen LogP contribution in [0.3, 0.4) is 0 Å². The van der Waals surface area contributed by atoms with E-state index in [9.17, 15) is 14.4 Å². The Morgan fingerprint density at radius 3 is 2.14 bits per heavy atom. The third-order valence-electron chi connectivity index (χ3n) is 2.73. The van der Waals surface area contributed by atoms with Gasteiger partial charge in [0.1, 0.15) is 11.4 Å². The normalized spacial score (nSPS) is 12.4. The molecule has 0 unspecified atom stereocenters. The van der Waals surface area contributed by atoms with Crippen LogP contribution in [0.4, 0.5) is 0 Å². The minimum absolute atomic E-state index is 0.150. The Hall–Kier alpha value is -2.21. The molecule has 0 spiro atoms. The quantitative estimate of drug-likeness (QED) is 0.479. The Kier molecular flexibility index (Phi) is 5.82. The number of esters is 1. The first kappa shape index (κ1) is 17.8. The SMILES string of the molecule is COC(=O)C(=O)C(=O)[C@@H](N)Cc1ccc(OC(C)(C)C)cc1. The molecule has 6 nitrogen and oxygen atoms in total. The van der Waals surface area contributed by atoms with Gasteiger partial charge in [-0.1, -0.05) is 12.1 Å². The number of methoxy groups -OCH3 is 1. The van der Waals surface area contributed by atoms with Gasteiger partial charge in [0.05, 0.1) is 13.2 Å². The van der Waals surface area contributed by atoms with Crippen molar-refractivity contribution in [2.75, 3.05) is 7.11 Å². The summed E-state index contributed by atoms with van der Waals surface area (Å²) in [5, 5.41) is 0. The Morgan fingerprint density at radius 1 is 1.14 bits per heavy atom. The van der Waals surface area contributed by atoms with Gasteiger partial charge in [-0.2, -0.15) is 0 Å². The molecule has 0 fully saturated rings. The Balaban J connectivity index is 2.69. The molecule has 120 valence electrons. The third-order valence-corrected chi connectivity index (χ3v) is 2.73. The maximum Gasteiger partial charge on any atom is 0.382 e. The average molecular weight is 307 g/mol. The number of carbonyl (C=O) groups excluding carboxylic acids is 3. The predicted octanol–water partition coefficient (Wildman–Crippen LogP) is 1.04. The minimum Gasteiger partial charge on any atom is -0.488 e. The molecule has 22 heavy (non-hydrogen) atoms. The number of ketones is 2. The summed E-state index contributed by atoms with van der Waals surface area (Å²) in [6.07, 6.45) is 0.150. The molecule has 1 aromatic carbocycles. The Morgan fingerprint density at radius 2 is 1.68 bits per heavy atom. The molecule has 0 aliphatic heterocycles. The van der Waals surface area contributed by atoms with E-state index in [1.807, 2.05) is 20.8 Å². The highest BCUT2D eigenvalue weighted by atomic mass is 16.5. The third kappa shape index (κ3) is 5.29. The first-order valence-corrected chi connectivity index (χ1v) is 6.84. The largest absolute Gasteiger partial charge is 0.488 e. The topological polar surface area (TPSA) is 95.7 Å². The molecule has 0 saturated heterocycles. The molecular weight excluding hydrogens is 286 g/mol. The molecule has 1 rings (SSSR count). The molecular formula is C16H21NO5. The van der Waals surface area contributed by atoms with E-state index in [4.69, 9.17) is 10.5 Å². The number of Topliss-reactive ketones (excluding diaryl/α,β-unsaturated/α-hetero) is 2. The molecule has 0 heterocycles. The van der Waals surface area contributed by atoms with Gasteiger partial charge in [0.2, 0.25) is 5.78 Å². The van der Waals surface area contributed by atoms with Gasteiger partial charge in [0, 0.05) is 0 Å². The molecule has 2 N–H and O–H groups in total. The van der Waals surface area contributed by atoms with Gasteiger partial charge in [-0.15, -0.1) is 0 Å². The Labute approximate surface area is 129 Å². The molecule has 0 aliphatic rings. The monoisotopic (exact) mass is 307 g/mol. The van der Waals surface area contributed by atoms with Crippen molar-refractivity contribution in [1.29, 1.82) is 0 Å². The van der Waals surface area contributed by atoms with Gasteiger partial charge in [0.25, 0.3) is 0 Å². The number of nitrogens with two attached hydrogens (primary N) is 1.